The van der Waals surface area contributed by atoms with E-state index in [-0.39, 0.29) is 21.6 Å². The van der Waals surface area contributed by atoms with Crippen molar-refractivity contribution >= 4 is 37.9 Å². The van der Waals surface area contributed by atoms with Crippen LogP contribution in [0.25, 0.3) is 4.96 Å². The summed E-state index contributed by atoms with van der Waals surface area (Å²) in [5.41, 5.74) is 0.171. The first kappa shape index (κ1) is 15.3. The highest BCUT2D eigenvalue weighted by atomic mass is 35.5. The highest BCUT2D eigenvalue weighted by Crippen LogP contribution is 2.36. The van der Waals surface area contributed by atoms with Gasteiger partial charge in [-0.25, -0.2) is 18.1 Å². The Hall–Kier alpha value is -0.630. The predicted molar refractivity (Wildman–Crippen MR) is 84.4 cm³/mol. The van der Waals surface area contributed by atoms with Crippen LogP contribution >= 0.6 is 22.9 Å². The van der Waals surface area contributed by atoms with Gasteiger partial charge in [-0.3, -0.25) is 4.40 Å². The molecule has 21 heavy (non-hydrogen) atoms. The van der Waals surface area contributed by atoms with Gasteiger partial charge in [-0.15, -0.1) is 11.3 Å². The van der Waals surface area contributed by atoms with Crippen molar-refractivity contribution in [3.05, 3.63) is 16.7 Å². The third kappa shape index (κ3) is 2.97. The van der Waals surface area contributed by atoms with Gasteiger partial charge in [0.25, 0.3) is 10.0 Å². The van der Waals surface area contributed by atoms with Crippen LogP contribution < -0.4 is 4.72 Å². The zero-order valence-electron chi connectivity index (χ0n) is 12.0. The van der Waals surface area contributed by atoms with Crippen molar-refractivity contribution in [2.24, 2.45) is 5.41 Å². The third-order valence-corrected chi connectivity index (χ3v) is 6.63. The maximum Gasteiger partial charge on any atom is 0.260 e. The molecule has 0 spiro atoms. The zero-order chi connectivity index (χ0) is 15.3. The molecule has 2 heterocycles. The molecular weight excluding hydrogens is 330 g/mol. The Morgan fingerprint density at radius 2 is 2.29 bits per heavy atom. The van der Waals surface area contributed by atoms with E-state index >= 15 is 0 Å². The second-order valence-electron chi connectivity index (χ2n) is 6.34. The number of hydrogen-bond donors (Lipinski definition) is 1. The van der Waals surface area contributed by atoms with Gasteiger partial charge in [0.1, 0.15) is 0 Å². The van der Waals surface area contributed by atoms with Crippen LogP contribution in [0.2, 0.25) is 5.15 Å². The molecule has 2 aromatic rings. The molecule has 3 rings (SSSR count). The van der Waals surface area contributed by atoms with E-state index in [0.717, 1.165) is 25.7 Å². The summed E-state index contributed by atoms with van der Waals surface area (Å²) in [6.07, 6.45) is 5.56. The summed E-state index contributed by atoms with van der Waals surface area (Å²) >= 11 is 7.38. The SMILES string of the molecule is CC1(C)CCCC(NS(=O)(=O)c2c(Cl)nc3sccn23)C1. The summed E-state index contributed by atoms with van der Waals surface area (Å²) in [7, 11) is -3.67. The number of aromatic nitrogens is 2. The van der Waals surface area contributed by atoms with E-state index < -0.39 is 10.0 Å². The van der Waals surface area contributed by atoms with E-state index in [1.165, 1.54) is 15.7 Å². The highest BCUT2D eigenvalue weighted by Gasteiger charge is 2.33. The Bertz CT molecular complexity index is 764. The number of halogens is 1. The summed E-state index contributed by atoms with van der Waals surface area (Å²) < 4.78 is 29.6. The molecule has 0 aromatic carbocycles. The zero-order valence-corrected chi connectivity index (χ0v) is 14.4. The number of nitrogens with zero attached hydrogens (tertiary/aromatic N) is 2. The number of imidazole rings is 1. The molecular formula is C13H18ClN3O2S2. The van der Waals surface area contributed by atoms with Crippen LogP contribution in [-0.4, -0.2) is 23.8 Å². The second kappa shape index (κ2) is 5.22. The molecule has 0 radical (unpaired) electrons. The molecule has 8 heteroatoms. The predicted octanol–water partition coefficient (Wildman–Crippen LogP) is 3.30. The van der Waals surface area contributed by atoms with Crippen LogP contribution in [0, 0.1) is 5.41 Å². The maximum atomic E-state index is 12.7. The van der Waals surface area contributed by atoms with E-state index in [9.17, 15) is 8.42 Å². The van der Waals surface area contributed by atoms with Crippen LogP contribution in [0.5, 0.6) is 0 Å². The van der Waals surface area contributed by atoms with Crippen molar-refractivity contribution in [2.75, 3.05) is 0 Å². The quantitative estimate of drug-likeness (QED) is 0.926. The fraction of sp³-hybridized carbons (Fsp3) is 0.615. The average Bonchev–Trinajstić information content (AvgIpc) is 2.85. The van der Waals surface area contributed by atoms with Crippen molar-refractivity contribution in [1.82, 2.24) is 14.1 Å². The topological polar surface area (TPSA) is 63.5 Å². The molecule has 5 nitrogen and oxygen atoms in total. The van der Waals surface area contributed by atoms with E-state index in [0.29, 0.717) is 4.96 Å². The molecule has 1 fully saturated rings. The lowest BCUT2D eigenvalue weighted by atomic mass is 9.75. The fourth-order valence-electron chi connectivity index (χ4n) is 3.05. The molecule has 1 saturated carbocycles. The third-order valence-electron chi connectivity index (χ3n) is 3.96. The first-order valence-corrected chi connectivity index (χ1v) is 9.66. The Kier molecular flexibility index (Phi) is 3.80. The summed E-state index contributed by atoms with van der Waals surface area (Å²) in [6.45, 7) is 4.35. The monoisotopic (exact) mass is 347 g/mol. The first-order chi connectivity index (χ1) is 9.78. The molecule has 1 unspecified atom stereocenters. The molecule has 116 valence electrons. The lowest BCUT2D eigenvalue weighted by molar-refractivity contribution is 0.212. The number of thiazole rings is 1. The fourth-order valence-corrected chi connectivity index (χ4v) is 5.78. The minimum Gasteiger partial charge on any atom is -0.279 e. The normalized spacial score (nSPS) is 22.7. The minimum absolute atomic E-state index is 0.0319. The lowest BCUT2D eigenvalue weighted by Crippen LogP contribution is -2.41. The maximum absolute atomic E-state index is 12.7. The molecule has 1 aliphatic carbocycles. The van der Waals surface area contributed by atoms with Crippen molar-refractivity contribution in [3.8, 4) is 0 Å². The largest absolute Gasteiger partial charge is 0.279 e. The Morgan fingerprint density at radius 3 is 3.00 bits per heavy atom. The standard InChI is InChI=1S/C13H18ClN3O2S2/c1-13(2)5-3-4-9(8-13)16-21(18,19)11-10(14)15-12-17(11)6-7-20-12/h6-7,9,16H,3-5,8H2,1-2H3. The van der Waals surface area contributed by atoms with Gasteiger partial charge >= 0.3 is 0 Å². The molecule has 1 aliphatic rings. The number of hydrogen-bond acceptors (Lipinski definition) is 4. The van der Waals surface area contributed by atoms with Gasteiger partial charge in [-0.2, -0.15) is 0 Å². The number of sulfonamides is 1. The minimum atomic E-state index is -3.67. The smallest absolute Gasteiger partial charge is 0.260 e. The average molecular weight is 348 g/mol. The van der Waals surface area contributed by atoms with Crippen molar-refractivity contribution in [1.29, 1.82) is 0 Å². The summed E-state index contributed by atoms with van der Waals surface area (Å²) in [5.74, 6) is 0. The number of nitrogens with one attached hydrogen (secondary N) is 1. The van der Waals surface area contributed by atoms with Gasteiger partial charge in [-0.05, 0) is 24.7 Å². The van der Waals surface area contributed by atoms with Gasteiger partial charge in [-0.1, -0.05) is 31.9 Å². The Balaban J connectivity index is 1.90. The molecule has 2 aromatic heterocycles. The van der Waals surface area contributed by atoms with Gasteiger partial charge in [0.05, 0.1) is 0 Å². The summed E-state index contributed by atoms with van der Waals surface area (Å²) in [6, 6.07) is -0.0426. The number of rotatable bonds is 3. The second-order valence-corrected chi connectivity index (χ2v) is 9.20. The number of fused-ring (bicyclic) bond motifs is 1. The molecule has 1 N–H and O–H groups in total. The highest BCUT2D eigenvalue weighted by molar-refractivity contribution is 7.89. The van der Waals surface area contributed by atoms with Crippen LogP contribution in [0.3, 0.4) is 0 Å². The Labute approximate surface area is 133 Å². The van der Waals surface area contributed by atoms with Gasteiger partial charge < -0.3 is 0 Å². The van der Waals surface area contributed by atoms with Crippen LogP contribution in [-0.2, 0) is 10.0 Å². The summed E-state index contributed by atoms with van der Waals surface area (Å²) in [4.78, 5) is 4.68. The van der Waals surface area contributed by atoms with Crippen molar-refractivity contribution in [3.63, 3.8) is 0 Å². The van der Waals surface area contributed by atoms with Crippen molar-refractivity contribution in [2.45, 2.75) is 50.6 Å². The van der Waals surface area contributed by atoms with Gasteiger partial charge in [0, 0.05) is 17.6 Å². The molecule has 0 bridgehead atoms. The molecule has 0 saturated heterocycles. The van der Waals surface area contributed by atoms with E-state index in [2.05, 4.69) is 23.6 Å². The van der Waals surface area contributed by atoms with Crippen molar-refractivity contribution < 1.29 is 8.42 Å². The van der Waals surface area contributed by atoms with Crippen LogP contribution in [0.1, 0.15) is 39.5 Å². The van der Waals surface area contributed by atoms with E-state index in [1.807, 2.05) is 0 Å². The van der Waals surface area contributed by atoms with E-state index in [4.69, 9.17) is 11.6 Å². The summed E-state index contributed by atoms with van der Waals surface area (Å²) in [5, 5.41) is 1.87. The molecule has 1 atom stereocenters. The molecule has 0 amide bonds. The Morgan fingerprint density at radius 1 is 1.52 bits per heavy atom. The van der Waals surface area contributed by atoms with Gasteiger partial charge in [0.15, 0.2) is 15.1 Å². The van der Waals surface area contributed by atoms with E-state index in [1.54, 1.807) is 11.6 Å². The first-order valence-electron chi connectivity index (χ1n) is 6.92. The lowest BCUT2D eigenvalue weighted by Gasteiger charge is -2.35. The van der Waals surface area contributed by atoms with Crippen LogP contribution in [0.15, 0.2) is 16.6 Å². The molecule has 0 aliphatic heterocycles. The van der Waals surface area contributed by atoms with Crippen LogP contribution in [0.4, 0.5) is 0 Å². The van der Waals surface area contributed by atoms with Gasteiger partial charge in [0.2, 0.25) is 0 Å².